The van der Waals surface area contributed by atoms with Gasteiger partial charge in [-0.3, -0.25) is 9.59 Å². The Morgan fingerprint density at radius 3 is 1.64 bits per heavy atom. The molecule has 0 saturated carbocycles. The zero-order valence-electron chi connectivity index (χ0n) is 31.2. The van der Waals surface area contributed by atoms with Crippen molar-refractivity contribution in [2.24, 2.45) is 0 Å². The number of fused-ring (bicyclic) bond motifs is 4. The number of rotatable bonds is 9. The van der Waals surface area contributed by atoms with Gasteiger partial charge in [-0.15, -0.1) is 0 Å². The SMILES string of the molecule is CC(C)=CCC/C(C)=C/COc1cc(O)c2c(c1)[C@@H]([C@H]1c3cc(C)cc(O)c3C(=O)c3c1cc(O)c(CC=C(C)C)c3O)c1cc(C)cc(O)c1C2=O. The van der Waals surface area contributed by atoms with E-state index in [9.17, 15) is 35.1 Å². The number of carbonyl (C=O) groups is 2. The Hall–Kier alpha value is -5.76. The molecule has 6 rings (SSSR count). The first-order valence-electron chi connectivity index (χ1n) is 17.8. The number of benzene rings is 4. The minimum atomic E-state index is -0.892. The number of aromatic hydroxyl groups is 5. The Kier molecular flexibility index (Phi) is 10.0. The molecule has 274 valence electrons. The molecule has 4 aromatic rings. The summed E-state index contributed by atoms with van der Waals surface area (Å²) >= 11 is 0. The molecule has 0 spiro atoms. The second kappa shape index (κ2) is 14.3. The molecule has 2 atom stereocenters. The maximum Gasteiger partial charge on any atom is 0.201 e. The highest BCUT2D eigenvalue weighted by Gasteiger charge is 2.46. The third-order valence-electron chi connectivity index (χ3n) is 10.2. The van der Waals surface area contributed by atoms with Crippen molar-refractivity contribution in [3.63, 3.8) is 0 Å². The third kappa shape index (κ3) is 6.81. The summed E-state index contributed by atoms with van der Waals surface area (Å²) in [7, 11) is 0. The molecule has 0 saturated heterocycles. The van der Waals surface area contributed by atoms with Gasteiger partial charge in [0.15, 0.2) is 0 Å². The van der Waals surface area contributed by atoms with Crippen molar-refractivity contribution in [2.45, 2.75) is 79.6 Å². The fourth-order valence-corrected chi connectivity index (χ4v) is 7.75. The summed E-state index contributed by atoms with van der Waals surface area (Å²) in [6, 6.07) is 11.1. The Morgan fingerprint density at radius 2 is 1.09 bits per heavy atom. The Balaban J connectivity index is 1.61. The summed E-state index contributed by atoms with van der Waals surface area (Å²) in [5.74, 6) is -4.14. The molecule has 8 heteroatoms. The Bertz CT molecular complexity index is 2280. The molecule has 0 bridgehead atoms. The molecular weight excluding hydrogens is 668 g/mol. The lowest BCUT2D eigenvalue weighted by Crippen LogP contribution is -2.30. The maximum atomic E-state index is 14.3. The first-order chi connectivity index (χ1) is 25.1. The van der Waals surface area contributed by atoms with Crippen molar-refractivity contribution in [1.29, 1.82) is 0 Å². The number of aryl methyl sites for hydroxylation is 2. The lowest BCUT2D eigenvalue weighted by Gasteiger charge is -2.39. The standard InChI is InChI=1S/C45H46O8/c1-22(2)9-8-10-24(5)13-14-53-27-19-31-37(29-15-25(6)17-34(47)39(29)44(51)41(31)36(49)20-27)38-30-16-26(7)18-35(48)40(30)45(52)42-32(38)21-33(46)28(43(42)50)12-11-23(3)4/h9,11,13,15-21,37-38,46-50H,8,10,12,14H2,1-7H3/b24-13+/t37-,38-/m0/s1. The van der Waals surface area contributed by atoms with E-state index in [1.165, 1.54) is 29.8 Å². The van der Waals surface area contributed by atoms with Crippen molar-refractivity contribution < 1.29 is 39.9 Å². The molecule has 0 amide bonds. The van der Waals surface area contributed by atoms with Crippen molar-refractivity contribution in [2.75, 3.05) is 6.61 Å². The minimum Gasteiger partial charge on any atom is -0.508 e. The summed E-state index contributed by atoms with van der Waals surface area (Å²) in [5, 5.41) is 57.4. The number of allylic oxidation sites excluding steroid dienone is 5. The van der Waals surface area contributed by atoms with Gasteiger partial charge < -0.3 is 30.3 Å². The quantitative estimate of drug-likeness (QED) is 0.108. The summed E-state index contributed by atoms with van der Waals surface area (Å²) < 4.78 is 6.16. The van der Waals surface area contributed by atoms with Gasteiger partial charge in [0, 0.05) is 23.5 Å². The molecule has 8 nitrogen and oxygen atoms in total. The van der Waals surface area contributed by atoms with Crippen LogP contribution in [-0.2, 0) is 6.42 Å². The zero-order chi connectivity index (χ0) is 38.5. The number of phenols is 5. The molecule has 5 N–H and O–H groups in total. The molecule has 4 aromatic carbocycles. The van der Waals surface area contributed by atoms with Crippen LogP contribution in [0, 0.1) is 13.8 Å². The second-order valence-corrected chi connectivity index (χ2v) is 14.9. The molecular formula is C45H46O8. The summed E-state index contributed by atoms with van der Waals surface area (Å²) in [6.07, 6.45) is 7.90. The van der Waals surface area contributed by atoms with Crippen LogP contribution in [0.5, 0.6) is 34.5 Å². The van der Waals surface area contributed by atoms with Crippen LogP contribution in [0.4, 0.5) is 0 Å². The number of ether oxygens (including phenoxy) is 1. The molecule has 0 aromatic heterocycles. The monoisotopic (exact) mass is 714 g/mol. The predicted molar refractivity (Wildman–Crippen MR) is 205 cm³/mol. The van der Waals surface area contributed by atoms with E-state index in [4.69, 9.17) is 4.74 Å². The van der Waals surface area contributed by atoms with E-state index in [1.54, 1.807) is 32.0 Å². The topological polar surface area (TPSA) is 145 Å². The van der Waals surface area contributed by atoms with Crippen LogP contribution >= 0.6 is 0 Å². The van der Waals surface area contributed by atoms with Gasteiger partial charge in [0.05, 0.1) is 22.3 Å². The third-order valence-corrected chi connectivity index (χ3v) is 10.2. The Labute approximate surface area is 310 Å². The van der Waals surface area contributed by atoms with Gasteiger partial charge in [-0.1, -0.05) is 41.0 Å². The average molecular weight is 715 g/mol. The van der Waals surface area contributed by atoms with E-state index in [1.807, 2.05) is 32.9 Å². The van der Waals surface area contributed by atoms with Crippen LogP contribution in [0.15, 0.2) is 77.4 Å². The Morgan fingerprint density at radius 1 is 0.604 bits per heavy atom. The number of ketones is 2. The van der Waals surface area contributed by atoms with Gasteiger partial charge in [0.2, 0.25) is 11.6 Å². The molecule has 53 heavy (non-hydrogen) atoms. The van der Waals surface area contributed by atoms with E-state index in [0.717, 1.165) is 24.0 Å². The lowest BCUT2D eigenvalue weighted by molar-refractivity contribution is 0.101. The van der Waals surface area contributed by atoms with Crippen LogP contribution in [0.1, 0.15) is 130 Å². The van der Waals surface area contributed by atoms with Crippen LogP contribution in [-0.4, -0.2) is 43.7 Å². The van der Waals surface area contributed by atoms with E-state index in [2.05, 4.69) is 19.9 Å². The molecule has 2 aliphatic carbocycles. The fraction of sp³-hybridized carbons (Fsp3) is 0.289. The highest BCUT2D eigenvalue weighted by molar-refractivity contribution is 6.18. The van der Waals surface area contributed by atoms with Gasteiger partial charge in [-0.2, -0.15) is 0 Å². The number of carbonyl (C=O) groups excluding carboxylic acids is 2. The van der Waals surface area contributed by atoms with E-state index >= 15 is 0 Å². The predicted octanol–water partition coefficient (Wildman–Crippen LogP) is 9.46. The summed E-state index contributed by atoms with van der Waals surface area (Å²) in [6.45, 7) is 13.7. The van der Waals surface area contributed by atoms with E-state index < -0.39 is 29.2 Å². The minimum absolute atomic E-state index is 0.00232. The lowest BCUT2D eigenvalue weighted by atomic mass is 9.63. The molecule has 2 aliphatic rings. The smallest absolute Gasteiger partial charge is 0.201 e. The zero-order valence-corrected chi connectivity index (χ0v) is 31.2. The van der Waals surface area contributed by atoms with Crippen molar-refractivity contribution in [3.8, 4) is 34.5 Å². The maximum absolute atomic E-state index is 14.3. The highest BCUT2D eigenvalue weighted by atomic mass is 16.5. The first kappa shape index (κ1) is 37.0. The van der Waals surface area contributed by atoms with Crippen LogP contribution in [0.3, 0.4) is 0 Å². The average Bonchev–Trinajstić information content (AvgIpc) is 3.04. The van der Waals surface area contributed by atoms with E-state index in [-0.39, 0.29) is 69.4 Å². The molecule has 0 aliphatic heterocycles. The molecule has 0 radical (unpaired) electrons. The second-order valence-electron chi connectivity index (χ2n) is 14.9. The van der Waals surface area contributed by atoms with Crippen LogP contribution in [0.2, 0.25) is 0 Å². The van der Waals surface area contributed by atoms with Gasteiger partial charge in [-0.05, 0) is 131 Å². The van der Waals surface area contributed by atoms with Gasteiger partial charge >= 0.3 is 0 Å². The van der Waals surface area contributed by atoms with Gasteiger partial charge in [-0.25, -0.2) is 0 Å². The van der Waals surface area contributed by atoms with Crippen molar-refractivity contribution >= 4 is 11.6 Å². The van der Waals surface area contributed by atoms with Gasteiger partial charge in [0.1, 0.15) is 41.1 Å². The summed E-state index contributed by atoms with van der Waals surface area (Å²) in [4.78, 5) is 28.6. The van der Waals surface area contributed by atoms with Crippen molar-refractivity contribution in [1.82, 2.24) is 0 Å². The van der Waals surface area contributed by atoms with Crippen LogP contribution < -0.4 is 4.74 Å². The van der Waals surface area contributed by atoms with E-state index in [0.29, 0.717) is 33.6 Å². The fourth-order valence-electron chi connectivity index (χ4n) is 7.75. The normalized spacial score (nSPS) is 15.9. The molecule has 0 fully saturated rings. The number of hydrogen-bond acceptors (Lipinski definition) is 8. The molecule has 0 unspecified atom stereocenters. The van der Waals surface area contributed by atoms with Gasteiger partial charge in [0.25, 0.3) is 0 Å². The highest BCUT2D eigenvalue weighted by Crippen LogP contribution is 2.57. The summed E-state index contributed by atoms with van der Waals surface area (Å²) in [5.41, 5.74) is 6.19. The number of hydrogen-bond donors (Lipinski definition) is 5. The van der Waals surface area contributed by atoms with Crippen LogP contribution in [0.25, 0.3) is 0 Å². The first-order valence-corrected chi connectivity index (χ1v) is 17.8. The van der Waals surface area contributed by atoms with Crippen molar-refractivity contribution in [3.05, 3.63) is 139 Å². The number of phenolic OH excluding ortho intramolecular Hbond substituents is 5. The molecule has 0 heterocycles. The largest absolute Gasteiger partial charge is 0.508 e.